The van der Waals surface area contributed by atoms with Gasteiger partial charge in [0.2, 0.25) is 0 Å². The lowest BCUT2D eigenvalue weighted by molar-refractivity contribution is -0.208. The molecular weight excluding hydrogens is 256 g/mol. The molecule has 4 heteroatoms. The Bertz CT molecular complexity index is 519. The zero-order valence-electron chi connectivity index (χ0n) is 12.6. The van der Waals surface area contributed by atoms with Crippen molar-refractivity contribution in [3.05, 3.63) is 11.6 Å². The molecule has 0 bridgehead atoms. The van der Waals surface area contributed by atoms with E-state index >= 15 is 0 Å². The molecule has 110 valence electrons. The maximum Gasteiger partial charge on any atom is 0.313 e. The summed E-state index contributed by atoms with van der Waals surface area (Å²) in [6.45, 7) is 4.16. The average Bonchev–Trinajstić information content (AvgIpc) is 2.90. The van der Waals surface area contributed by atoms with Gasteiger partial charge in [0, 0.05) is 5.41 Å². The Morgan fingerprint density at radius 1 is 1.15 bits per heavy atom. The van der Waals surface area contributed by atoms with Gasteiger partial charge in [0.1, 0.15) is 0 Å². The van der Waals surface area contributed by atoms with Crippen molar-refractivity contribution in [1.29, 1.82) is 0 Å². The maximum absolute atomic E-state index is 12.6. The minimum atomic E-state index is -0.751. The fourth-order valence-electron chi connectivity index (χ4n) is 5.45. The molecule has 3 aliphatic rings. The molecule has 3 aliphatic carbocycles. The van der Waals surface area contributed by atoms with Crippen LogP contribution in [0.3, 0.4) is 0 Å². The highest BCUT2D eigenvalue weighted by molar-refractivity contribution is 5.94. The number of esters is 2. The number of hydrogen-bond acceptors (Lipinski definition) is 4. The highest BCUT2D eigenvalue weighted by Crippen LogP contribution is 2.79. The average molecular weight is 278 g/mol. The third-order valence-corrected chi connectivity index (χ3v) is 6.32. The number of hydrogen-bond donors (Lipinski definition) is 0. The lowest BCUT2D eigenvalue weighted by Gasteiger charge is -2.57. The first kappa shape index (κ1) is 13.7. The SMILES string of the molecule is COC(=O)[C@]12CC[C@@]1(C(=O)OC)C(C)(C)C1=CCC[C@H]12. The van der Waals surface area contributed by atoms with E-state index < -0.39 is 10.8 Å². The van der Waals surface area contributed by atoms with Crippen LogP contribution >= 0.6 is 0 Å². The normalized spacial score (nSPS) is 40.2. The molecule has 0 aromatic carbocycles. The highest BCUT2D eigenvalue weighted by Gasteiger charge is 2.82. The van der Waals surface area contributed by atoms with Crippen LogP contribution in [-0.4, -0.2) is 26.2 Å². The minimum Gasteiger partial charge on any atom is -0.469 e. The van der Waals surface area contributed by atoms with Gasteiger partial charge in [0.15, 0.2) is 0 Å². The van der Waals surface area contributed by atoms with E-state index in [4.69, 9.17) is 9.47 Å². The molecule has 20 heavy (non-hydrogen) atoms. The summed E-state index contributed by atoms with van der Waals surface area (Å²) in [4.78, 5) is 25.2. The van der Waals surface area contributed by atoms with Crippen molar-refractivity contribution in [3.8, 4) is 0 Å². The Balaban J connectivity index is 2.24. The van der Waals surface area contributed by atoms with Gasteiger partial charge in [-0.15, -0.1) is 0 Å². The molecule has 0 amide bonds. The van der Waals surface area contributed by atoms with Crippen LogP contribution in [0, 0.1) is 22.2 Å². The molecule has 2 fully saturated rings. The quantitative estimate of drug-likeness (QED) is 0.575. The van der Waals surface area contributed by atoms with Crippen molar-refractivity contribution in [2.45, 2.75) is 39.5 Å². The summed E-state index contributed by atoms with van der Waals surface area (Å²) < 4.78 is 10.2. The minimum absolute atomic E-state index is 0.137. The molecule has 0 unspecified atom stereocenters. The number of rotatable bonds is 2. The number of ether oxygens (including phenoxy) is 2. The topological polar surface area (TPSA) is 52.6 Å². The summed E-state index contributed by atoms with van der Waals surface area (Å²) in [7, 11) is 2.83. The van der Waals surface area contributed by atoms with Crippen molar-refractivity contribution in [3.63, 3.8) is 0 Å². The largest absolute Gasteiger partial charge is 0.469 e. The Morgan fingerprint density at radius 3 is 2.30 bits per heavy atom. The lowest BCUT2D eigenvalue weighted by Crippen LogP contribution is -2.64. The first-order chi connectivity index (χ1) is 9.40. The summed E-state index contributed by atoms with van der Waals surface area (Å²) >= 11 is 0. The van der Waals surface area contributed by atoms with Crippen LogP contribution < -0.4 is 0 Å². The van der Waals surface area contributed by atoms with Crippen molar-refractivity contribution in [2.75, 3.05) is 14.2 Å². The second-order valence-electron chi connectivity index (χ2n) is 6.77. The molecule has 0 spiro atoms. The van der Waals surface area contributed by atoms with E-state index in [1.807, 2.05) is 0 Å². The van der Waals surface area contributed by atoms with E-state index in [1.165, 1.54) is 19.8 Å². The monoisotopic (exact) mass is 278 g/mol. The second kappa shape index (κ2) is 3.86. The fraction of sp³-hybridized carbons (Fsp3) is 0.750. The van der Waals surface area contributed by atoms with Crippen molar-refractivity contribution in [1.82, 2.24) is 0 Å². The molecular formula is C16H22O4. The summed E-state index contributed by atoms with van der Waals surface area (Å²) in [5.41, 5.74) is -0.543. The van der Waals surface area contributed by atoms with Crippen LogP contribution in [-0.2, 0) is 19.1 Å². The predicted octanol–water partition coefficient (Wildman–Crippen LogP) is 2.48. The van der Waals surface area contributed by atoms with Crippen LogP contribution in [0.2, 0.25) is 0 Å². The molecule has 3 atom stereocenters. The van der Waals surface area contributed by atoms with Crippen LogP contribution in [0.4, 0.5) is 0 Å². The first-order valence-electron chi connectivity index (χ1n) is 7.27. The van der Waals surface area contributed by atoms with E-state index in [0.717, 1.165) is 19.3 Å². The second-order valence-corrected chi connectivity index (χ2v) is 6.77. The van der Waals surface area contributed by atoms with Gasteiger partial charge in [-0.1, -0.05) is 25.5 Å². The molecule has 4 nitrogen and oxygen atoms in total. The van der Waals surface area contributed by atoms with E-state index in [-0.39, 0.29) is 23.3 Å². The van der Waals surface area contributed by atoms with Gasteiger partial charge in [0.05, 0.1) is 25.0 Å². The third-order valence-electron chi connectivity index (χ3n) is 6.32. The Kier molecular flexibility index (Phi) is 2.64. The highest BCUT2D eigenvalue weighted by atomic mass is 16.5. The molecule has 0 aliphatic heterocycles. The fourth-order valence-corrected chi connectivity index (χ4v) is 5.45. The molecule has 0 aromatic rings. The molecule has 2 saturated carbocycles. The number of carbonyl (C=O) groups is 2. The Morgan fingerprint density at radius 2 is 1.80 bits per heavy atom. The molecule has 0 N–H and O–H groups in total. The van der Waals surface area contributed by atoms with Gasteiger partial charge in [0.25, 0.3) is 0 Å². The lowest BCUT2D eigenvalue weighted by atomic mass is 9.43. The number of fused-ring (bicyclic) bond motifs is 3. The zero-order chi connectivity index (χ0) is 14.8. The number of methoxy groups -OCH3 is 2. The van der Waals surface area contributed by atoms with Gasteiger partial charge in [-0.05, 0) is 31.6 Å². The smallest absolute Gasteiger partial charge is 0.313 e. The van der Waals surface area contributed by atoms with E-state index in [1.54, 1.807) is 0 Å². The summed E-state index contributed by atoms with van der Waals surface area (Å²) in [5, 5.41) is 0. The third kappa shape index (κ3) is 1.08. The Hall–Kier alpha value is -1.32. The van der Waals surface area contributed by atoms with Gasteiger partial charge in [-0.3, -0.25) is 9.59 Å². The molecule has 0 radical (unpaired) electrons. The summed E-state index contributed by atoms with van der Waals surface area (Å²) in [6, 6.07) is 0. The maximum atomic E-state index is 12.6. The van der Waals surface area contributed by atoms with Gasteiger partial charge >= 0.3 is 11.9 Å². The molecule has 0 heterocycles. The number of allylic oxidation sites excluding steroid dienone is 2. The summed E-state index contributed by atoms with van der Waals surface area (Å²) in [5.74, 6) is -0.357. The zero-order valence-corrected chi connectivity index (χ0v) is 12.6. The standard InChI is InChI=1S/C16H22O4/c1-14(2)10-6-5-7-11(10)15(12(17)19-3)8-9-16(14,15)13(18)20-4/h6,11H,5,7-9H2,1-4H3/t11-,15-,16-/m1/s1. The van der Waals surface area contributed by atoms with Crippen LogP contribution in [0.5, 0.6) is 0 Å². The summed E-state index contributed by atoms with van der Waals surface area (Å²) in [6.07, 6.45) is 5.57. The van der Waals surface area contributed by atoms with Crippen LogP contribution in [0.15, 0.2) is 11.6 Å². The van der Waals surface area contributed by atoms with E-state index in [2.05, 4.69) is 19.9 Å². The van der Waals surface area contributed by atoms with Crippen LogP contribution in [0.1, 0.15) is 39.5 Å². The van der Waals surface area contributed by atoms with Crippen molar-refractivity contribution in [2.24, 2.45) is 22.2 Å². The van der Waals surface area contributed by atoms with Crippen molar-refractivity contribution >= 4 is 11.9 Å². The molecule has 3 rings (SSSR count). The predicted molar refractivity (Wildman–Crippen MR) is 72.7 cm³/mol. The van der Waals surface area contributed by atoms with Gasteiger partial charge < -0.3 is 9.47 Å². The van der Waals surface area contributed by atoms with E-state index in [9.17, 15) is 9.59 Å². The van der Waals surface area contributed by atoms with Crippen LogP contribution in [0.25, 0.3) is 0 Å². The van der Waals surface area contributed by atoms with Crippen molar-refractivity contribution < 1.29 is 19.1 Å². The van der Waals surface area contributed by atoms with E-state index in [0.29, 0.717) is 6.42 Å². The first-order valence-corrected chi connectivity index (χ1v) is 7.27. The Labute approximate surface area is 119 Å². The number of carbonyl (C=O) groups excluding carboxylic acids is 2. The molecule has 0 saturated heterocycles. The molecule has 0 aromatic heterocycles. The van der Waals surface area contributed by atoms with Gasteiger partial charge in [-0.2, -0.15) is 0 Å². The van der Waals surface area contributed by atoms with Gasteiger partial charge in [-0.25, -0.2) is 0 Å².